The summed E-state index contributed by atoms with van der Waals surface area (Å²) in [5, 5.41) is 0.645. The van der Waals surface area contributed by atoms with Crippen molar-refractivity contribution < 1.29 is 4.79 Å². The molecule has 0 atom stereocenters. The van der Waals surface area contributed by atoms with Gasteiger partial charge >= 0.3 is 0 Å². The van der Waals surface area contributed by atoms with Crippen LogP contribution in [0.5, 0.6) is 0 Å². The van der Waals surface area contributed by atoms with Crippen molar-refractivity contribution >= 4 is 23.2 Å². The van der Waals surface area contributed by atoms with Crippen LogP contribution in [0.2, 0.25) is 5.02 Å². The van der Waals surface area contributed by atoms with Crippen LogP contribution in [0.25, 0.3) is 5.65 Å². The Bertz CT molecular complexity index is 814. The fourth-order valence-electron chi connectivity index (χ4n) is 2.55. The number of benzene rings is 1. The number of likely N-dealkylation sites (N-methyl/N-ethyl adjacent to an activating group) is 1. The van der Waals surface area contributed by atoms with Crippen molar-refractivity contribution in [1.82, 2.24) is 14.3 Å². The average molecular weight is 328 g/mol. The summed E-state index contributed by atoms with van der Waals surface area (Å²) in [6.45, 7) is 3.28. The predicted molar refractivity (Wildman–Crippen MR) is 91.4 cm³/mol. The van der Waals surface area contributed by atoms with Crippen molar-refractivity contribution in [2.75, 3.05) is 6.54 Å². The molecule has 118 valence electrons. The van der Waals surface area contributed by atoms with Crippen LogP contribution in [0, 0.1) is 0 Å². The van der Waals surface area contributed by atoms with E-state index in [1.165, 1.54) is 0 Å². The molecule has 0 fully saturated rings. The largest absolute Gasteiger partial charge is 0.338 e. The van der Waals surface area contributed by atoms with E-state index in [9.17, 15) is 4.79 Å². The van der Waals surface area contributed by atoms with Crippen molar-refractivity contribution in [3.63, 3.8) is 0 Å². The normalized spacial score (nSPS) is 10.9. The Morgan fingerprint density at radius 2 is 1.96 bits per heavy atom. The van der Waals surface area contributed by atoms with Crippen LogP contribution < -0.4 is 0 Å². The van der Waals surface area contributed by atoms with Gasteiger partial charge in [0, 0.05) is 25.5 Å². The molecular formula is C18H18ClN3O. The standard InChI is InChI=1S/C18H18ClN3O/c1-2-21(11-14-6-4-3-5-7-14)18(23)10-16-13-22-12-15(19)8-9-17(22)20-16/h3-9,12-13H,2,10-11H2,1H3. The highest BCUT2D eigenvalue weighted by Crippen LogP contribution is 2.13. The summed E-state index contributed by atoms with van der Waals surface area (Å²) < 4.78 is 1.85. The van der Waals surface area contributed by atoms with E-state index >= 15 is 0 Å². The first-order valence-corrected chi connectivity index (χ1v) is 7.98. The fraction of sp³-hybridized carbons (Fsp3) is 0.222. The van der Waals surface area contributed by atoms with Gasteiger partial charge in [0.15, 0.2) is 0 Å². The first-order chi connectivity index (χ1) is 11.2. The van der Waals surface area contributed by atoms with Gasteiger partial charge in [0.25, 0.3) is 0 Å². The van der Waals surface area contributed by atoms with Crippen LogP contribution in [-0.2, 0) is 17.8 Å². The summed E-state index contributed by atoms with van der Waals surface area (Å²) in [6.07, 6.45) is 3.94. The monoisotopic (exact) mass is 327 g/mol. The second kappa shape index (κ2) is 6.84. The number of aromatic nitrogens is 2. The molecule has 1 amide bonds. The minimum atomic E-state index is 0.0749. The Labute approximate surface area is 140 Å². The Balaban J connectivity index is 1.73. The number of carbonyl (C=O) groups is 1. The molecular weight excluding hydrogens is 310 g/mol. The van der Waals surface area contributed by atoms with Gasteiger partial charge in [-0.3, -0.25) is 4.79 Å². The van der Waals surface area contributed by atoms with E-state index < -0.39 is 0 Å². The summed E-state index contributed by atoms with van der Waals surface area (Å²) in [5.41, 5.74) is 2.68. The molecule has 0 aliphatic carbocycles. The molecule has 0 unspecified atom stereocenters. The third-order valence-electron chi connectivity index (χ3n) is 3.75. The maximum Gasteiger partial charge on any atom is 0.228 e. The highest BCUT2D eigenvalue weighted by Gasteiger charge is 2.14. The topological polar surface area (TPSA) is 37.6 Å². The highest BCUT2D eigenvalue weighted by molar-refractivity contribution is 6.30. The molecule has 0 saturated carbocycles. The number of fused-ring (bicyclic) bond motifs is 1. The van der Waals surface area contributed by atoms with E-state index in [0.29, 0.717) is 24.5 Å². The zero-order valence-electron chi connectivity index (χ0n) is 12.9. The number of carbonyl (C=O) groups excluding carboxylic acids is 1. The van der Waals surface area contributed by atoms with Crippen LogP contribution in [0.3, 0.4) is 0 Å². The lowest BCUT2D eigenvalue weighted by molar-refractivity contribution is -0.130. The van der Waals surface area contributed by atoms with Gasteiger partial charge in [-0.1, -0.05) is 41.9 Å². The van der Waals surface area contributed by atoms with Crippen LogP contribution in [0.4, 0.5) is 0 Å². The summed E-state index contributed by atoms with van der Waals surface area (Å²) in [5.74, 6) is 0.0749. The first kappa shape index (κ1) is 15.6. The molecule has 1 aromatic carbocycles. The minimum absolute atomic E-state index is 0.0749. The lowest BCUT2D eigenvalue weighted by Crippen LogP contribution is -2.31. The molecule has 2 heterocycles. The molecule has 0 aliphatic rings. The van der Waals surface area contributed by atoms with E-state index in [1.807, 2.05) is 58.8 Å². The van der Waals surface area contributed by atoms with Crippen LogP contribution in [-0.4, -0.2) is 26.7 Å². The van der Waals surface area contributed by atoms with Gasteiger partial charge in [-0.2, -0.15) is 0 Å². The molecule has 0 aliphatic heterocycles. The molecule has 23 heavy (non-hydrogen) atoms. The molecule has 3 aromatic rings. The zero-order valence-corrected chi connectivity index (χ0v) is 13.7. The smallest absolute Gasteiger partial charge is 0.228 e. The van der Waals surface area contributed by atoms with Crippen LogP contribution in [0.1, 0.15) is 18.2 Å². The average Bonchev–Trinajstić information content (AvgIpc) is 2.94. The lowest BCUT2D eigenvalue weighted by Gasteiger charge is -2.20. The lowest BCUT2D eigenvalue weighted by atomic mass is 10.2. The first-order valence-electron chi connectivity index (χ1n) is 7.60. The van der Waals surface area contributed by atoms with Crippen LogP contribution in [0.15, 0.2) is 54.9 Å². The van der Waals surface area contributed by atoms with Crippen LogP contribution >= 0.6 is 11.6 Å². The second-order valence-corrected chi connectivity index (χ2v) is 5.85. The van der Waals surface area contributed by atoms with Crippen molar-refractivity contribution in [1.29, 1.82) is 0 Å². The van der Waals surface area contributed by atoms with E-state index in [1.54, 1.807) is 12.3 Å². The number of halogens is 1. The summed E-state index contributed by atoms with van der Waals surface area (Å²) >= 11 is 5.97. The van der Waals surface area contributed by atoms with Gasteiger partial charge in [-0.15, -0.1) is 0 Å². The molecule has 0 N–H and O–H groups in total. The van der Waals surface area contributed by atoms with Crippen molar-refractivity contribution in [2.45, 2.75) is 19.9 Å². The molecule has 5 heteroatoms. The van der Waals surface area contributed by atoms with Gasteiger partial charge in [0.1, 0.15) is 5.65 Å². The molecule has 3 rings (SSSR count). The van der Waals surface area contributed by atoms with Gasteiger partial charge in [0.05, 0.1) is 17.1 Å². The Hall–Kier alpha value is -2.33. The van der Waals surface area contributed by atoms with Crippen molar-refractivity contribution in [2.24, 2.45) is 0 Å². The molecule has 2 aromatic heterocycles. The predicted octanol–water partition coefficient (Wildman–Crippen LogP) is 3.58. The third kappa shape index (κ3) is 3.71. The maximum atomic E-state index is 12.5. The van der Waals surface area contributed by atoms with E-state index in [4.69, 9.17) is 11.6 Å². The summed E-state index contributed by atoms with van der Waals surface area (Å²) in [7, 11) is 0. The van der Waals surface area contributed by atoms with Gasteiger partial charge < -0.3 is 9.30 Å². The summed E-state index contributed by atoms with van der Waals surface area (Å²) in [4.78, 5) is 18.9. The fourth-order valence-corrected chi connectivity index (χ4v) is 2.72. The SMILES string of the molecule is CCN(Cc1ccccc1)C(=O)Cc1cn2cc(Cl)ccc2n1. The van der Waals surface area contributed by atoms with Crippen molar-refractivity contribution in [3.8, 4) is 0 Å². The van der Waals surface area contributed by atoms with Crippen molar-refractivity contribution in [3.05, 3.63) is 71.1 Å². The van der Waals surface area contributed by atoms with E-state index in [-0.39, 0.29) is 5.91 Å². The summed E-state index contributed by atoms with van der Waals surface area (Å²) in [6, 6.07) is 13.6. The van der Waals surface area contributed by atoms with Gasteiger partial charge in [-0.05, 0) is 24.6 Å². The minimum Gasteiger partial charge on any atom is -0.338 e. The van der Waals surface area contributed by atoms with Gasteiger partial charge in [0.2, 0.25) is 5.91 Å². The van der Waals surface area contributed by atoms with E-state index in [0.717, 1.165) is 16.9 Å². The van der Waals surface area contributed by atoms with Gasteiger partial charge in [-0.25, -0.2) is 4.98 Å². The number of hydrogen-bond acceptors (Lipinski definition) is 2. The number of rotatable bonds is 5. The van der Waals surface area contributed by atoms with E-state index in [2.05, 4.69) is 4.98 Å². The highest BCUT2D eigenvalue weighted by atomic mass is 35.5. The Morgan fingerprint density at radius 1 is 1.17 bits per heavy atom. The number of imidazole rings is 1. The zero-order chi connectivity index (χ0) is 16.2. The molecule has 4 nitrogen and oxygen atoms in total. The second-order valence-electron chi connectivity index (χ2n) is 5.42. The molecule has 0 bridgehead atoms. The number of hydrogen-bond donors (Lipinski definition) is 0. The molecule has 0 saturated heterocycles. The number of amides is 1. The maximum absolute atomic E-state index is 12.5. The number of nitrogens with zero attached hydrogens (tertiary/aromatic N) is 3. The Kier molecular flexibility index (Phi) is 4.63. The molecule has 0 spiro atoms. The third-order valence-corrected chi connectivity index (χ3v) is 3.97. The quantitative estimate of drug-likeness (QED) is 0.718. The molecule has 0 radical (unpaired) electrons. The number of pyridine rings is 1. The Morgan fingerprint density at radius 3 is 2.70 bits per heavy atom.